The number of aliphatic hydroxyl groups is 1. The van der Waals surface area contributed by atoms with Gasteiger partial charge in [-0.05, 0) is 18.6 Å². The lowest BCUT2D eigenvalue weighted by molar-refractivity contribution is 0.290. The fourth-order valence-corrected chi connectivity index (χ4v) is 1.33. The third-order valence-corrected chi connectivity index (χ3v) is 2.23. The monoisotopic (exact) mass is 213 g/mol. The SMILES string of the molecule is COc1ccc(N(C)CCCO)cc1F. The minimum atomic E-state index is -0.370. The lowest BCUT2D eigenvalue weighted by Gasteiger charge is -2.19. The molecule has 1 N–H and O–H groups in total. The lowest BCUT2D eigenvalue weighted by atomic mass is 10.2. The number of methoxy groups -OCH3 is 1. The average molecular weight is 213 g/mol. The Bertz CT molecular complexity index is 317. The third-order valence-electron chi connectivity index (χ3n) is 2.23. The molecule has 15 heavy (non-hydrogen) atoms. The van der Waals surface area contributed by atoms with Crippen molar-refractivity contribution in [2.45, 2.75) is 6.42 Å². The fraction of sp³-hybridized carbons (Fsp3) is 0.455. The number of hydrogen-bond donors (Lipinski definition) is 1. The first-order chi connectivity index (χ1) is 7.19. The van der Waals surface area contributed by atoms with Crippen LogP contribution in [0.5, 0.6) is 5.75 Å². The maximum atomic E-state index is 13.3. The second-order valence-corrected chi connectivity index (χ2v) is 3.32. The Morgan fingerprint density at radius 2 is 2.20 bits per heavy atom. The van der Waals surface area contributed by atoms with Crippen molar-refractivity contribution in [1.82, 2.24) is 0 Å². The molecule has 0 radical (unpaired) electrons. The first-order valence-electron chi connectivity index (χ1n) is 4.84. The van der Waals surface area contributed by atoms with Gasteiger partial charge in [0.1, 0.15) is 0 Å². The largest absolute Gasteiger partial charge is 0.494 e. The molecule has 0 spiro atoms. The van der Waals surface area contributed by atoms with Gasteiger partial charge in [0, 0.05) is 32.0 Å². The molecule has 0 aliphatic carbocycles. The third kappa shape index (κ3) is 3.09. The molecular weight excluding hydrogens is 197 g/mol. The molecule has 0 atom stereocenters. The summed E-state index contributed by atoms with van der Waals surface area (Å²) in [5, 5.41) is 8.68. The van der Waals surface area contributed by atoms with Crippen LogP contribution in [0, 0.1) is 5.82 Å². The van der Waals surface area contributed by atoms with E-state index in [1.807, 2.05) is 11.9 Å². The number of hydrogen-bond acceptors (Lipinski definition) is 3. The summed E-state index contributed by atoms with van der Waals surface area (Å²) in [4.78, 5) is 1.89. The summed E-state index contributed by atoms with van der Waals surface area (Å²) >= 11 is 0. The van der Waals surface area contributed by atoms with Crippen molar-refractivity contribution in [3.63, 3.8) is 0 Å². The molecule has 1 aromatic carbocycles. The summed E-state index contributed by atoms with van der Waals surface area (Å²) in [6, 6.07) is 4.82. The topological polar surface area (TPSA) is 32.7 Å². The number of ether oxygens (including phenoxy) is 1. The summed E-state index contributed by atoms with van der Waals surface area (Å²) in [7, 11) is 3.30. The van der Waals surface area contributed by atoms with Crippen LogP contribution in [-0.2, 0) is 0 Å². The van der Waals surface area contributed by atoms with Gasteiger partial charge in [-0.2, -0.15) is 0 Å². The van der Waals surface area contributed by atoms with E-state index in [0.29, 0.717) is 13.0 Å². The van der Waals surface area contributed by atoms with Crippen molar-refractivity contribution < 1.29 is 14.2 Å². The van der Waals surface area contributed by atoms with E-state index in [2.05, 4.69) is 0 Å². The van der Waals surface area contributed by atoms with Gasteiger partial charge in [-0.1, -0.05) is 0 Å². The van der Waals surface area contributed by atoms with Crippen molar-refractivity contribution in [3.8, 4) is 5.75 Å². The van der Waals surface area contributed by atoms with E-state index in [-0.39, 0.29) is 18.2 Å². The molecule has 0 saturated carbocycles. The molecule has 1 rings (SSSR count). The number of benzene rings is 1. The molecule has 0 saturated heterocycles. The molecule has 1 aromatic rings. The lowest BCUT2D eigenvalue weighted by Crippen LogP contribution is -2.19. The number of halogens is 1. The molecule has 0 unspecified atom stereocenters. The van der Waals surface area contributed by atoms with E-state index in [0.717, 1.165) is 5.69 Å². The van der Waals surface area contributed by atoms with Crippen LogP contribution in [-0.4, -0.2) is 32.4 Å². The van der Waals surface area contributed by atoms with E-state index < -0.39 is 0 Å². The van der Waals surface area contributed by atoms with Crippen molar-refractivity contribution in [2.24, 2.45) is 0 Å². The number of anilines is 1. The normalized spacial score (nSPS) is 10.1. The van der Waals surface area contributed by atoms with Crippen LogP contribution < -0.4 is 9.64 Å². The van der Waals surface area contributed by atoms with Crippen LogP contribution in [0.15, 0.2) is 18.2 Å². The zero-order valence-electron chi connectivity index (χ0n) is 9.03. The molecular formula is C11H16FNO2. The Balaban J connectivity index is 2.73. The second-order valence-electron chi connectivity index (χ2n) is 3.32. The predicted molar refractivity (Wildman–Crippen MR) is 57.9 cm³/mol. The smallest absolute Gasteiger partial charge is 0.167 e. The van der Waals surface area contributed by atoms with Gasteiger partial charge in [0.15, 0.2) is 11.6 Å². The minimum absolute atomic E-state index is 0.142. The molecule has 0 aliphatic heterocycles. The van der Waals surface area contributed by atoms with Gasteiger partial charge in [-0.25, -0.2) is 4.39 Å². The van der Waals surface area contributed by atoms with Gasteiger partial charge in [0.25, 0.3) is 0 Å². The van der Waals surface area contributed by atoms with Gasteiger partial charge in [-0.3, -0.25) is 0 Å². The van der Waals surface area contributed by atoms with Crippen LogP contribution in [0.1, 0.15) is 6.42 Å². The summed E-state index contributed by atoms with van der Waals surface area (Å²) in [5.41, 5.74) is 0.779. The van der Waals surface area contributed by atoms with Crippen LogP contribution in [0.3, 0.4) is 0 Å². The maximum absolute atomic E-state index is 13.3. The summed E-state index contributed by atoms with van der Waals surface area (Å²) in [6.07, 6.45) is 0.671. The zero-order chi connectivity index (χ0) is 11.3. The van der Waals surface area contributed by atoms with E-state index in [4.69, 9.17) is 9.84 Å². The van der Waals surface area contributed by atoms with Crippen molar-refractivity contribution in [1.29, 1.82) is 0 Å². The Hall–Kier alpha value is -1.29. The number of aliphatic hydroxyl groups excluding tert-OH is 1. The predicted octanol–water partition coefficient (Wildman–Crippen LogP) is 1.65. The summed E-state index contributed by atoms with van der Waals surface area (Å²) < 4.78 is 18.2. The highest BCUT2D eigenvalue weighted by molar-refractivity contribution is 5.49. The first kappa shape index (κ1) is 11.8. The van der Waals surface area contributed by atoms with Gasteiger partial charge in [-0.15, -0.1) is 0 Å². The standard InChI is InChI=1S/C11H16FNO2/c1-13(6-3-7-14)9-4-5-11(15-2)10(12)8-9/h4-5,8,14H,3,6-7H2,1-2H3. The molecule has 0 aliphatic rings. The average Bonchev–Trinajstić information content (AvgIpc) is 2.25. The van der Waals surface area contributed by atoms with E-state index in [1.54, 1.807) is 12.1 Å². The minimum Gasteiger partial charge on any atom is -0.494 e. The van der Waals surface area contributed by atoms with E-state index in [9.17, 15) is 4.39 Å². The molecule has 3 nitrogen and oxygen atoms in total. The zero-order valence-corrected chi connectivity index (χ0v) is 9.03. The molecule has 4 heteroatoms. The quantitative estimate of drug-likeness (QED) is 0.807. The molecule has 0 amide bonds. The van der Waals surface area contributed by atoms with E-state index in [1.165, 1.54) is 13.2 Å². The highest BCUT2D eigenvalue weighted by Crippen LogP contribution is 2.22. The van der Waals surface area contributed by atoms with Crippen LogP contribution in [0.2, 0.25) is 0 Å². The molecule has 0 aromatic heterocycles. The van der Waals surface area contributed by atoms with Gasteiger partial charge in [0.05, 0.1) is 7.11 Å². The van der Waals surface area contributed by atoms with Crippen molar-refractivity contribution in [2.75, 3.05) is 32.2 Å². The Kier molecular flexibility index (Phi) is 4.37. The van der Waals surface area contributed by atoms with Crippen LogP contribution in [0.25, 0.3) is 0 Å². The Labute approximate surface area is 89.1 Å². The first-order valence-corrected chi connectivity index (χ1v) is 4.84. The Morgan fingerprint density at radius 3 is 2.73 bits per heavy atom. The van der Waals surface area contributed by atoms with Crippen molar-refractivity contribution >= 4 is 5.69 Å². The fourth-order valence-electron chi connectivity index (χ4n) is 1.33. The van der Waals surface area contributed by atoms with Gasteiger partial charge in [0.2, 0.25) is 0 Å². The van der Waals surface area contributed by atoms with Gasteiger partial charge < -0.3 is 14.7 Å². The van der Waals surface area contributed by atoms with Crippen molar-refractivity contribution in [3.05, 3.63) is 24.0 Å². The van der Waals surface area contributed by atoms with E-state index >= 15 is 0 Å². The summed E-state index contributed by atoms with van der Waals surface area (Å²) in [5.74, 6) is -0.125. The molecule has 0 bridgehead atoms. The van der Waals surface area contributed by atoms with Gasteiger partial charge >= 0.3 is 0 Å². The Morgan fingerprint density at radius 1 is 1.47 bits per heavy atom. The highest BCUT2D eigenvalue weighted by Gasteiger charge is 2.06. The molecule has 0 fully saturated rings. The van der Waals surface area contributed by atoms with Crippen LogP contribution >= 0.6 is 0 Å². The second kappa shape index (κ2) is 5.56. The number of rotatable bonds is 5. The molecule has 84 valence electrons. The highest BCUT2D eigenvalue weighted by atomic mass is 19.1. The molecule has 0 heterocycles. The number of nitrogens with zero attached hydrogens (tertiary/aromatic N) is 1. The maximum Gasteiger partial charge on any atom is 0.167 e. The summed E-state index contributed by atoms with van der Waals surface area (Å²) in [6.45, 7) is 0.839. The van der Waals surface area contributed by atoms with Crippen LogP contribution in [0.4, 0.5) is 10.1 Å².